The largest absolute Gasteiger partial charge is 0.416 e. The highest BCUT2D eigenvalue weighted by Crippen LogP contribution is 2.36. The fourth-order valence-electron chi connectivity index (χ4n) is 2.62. The molecule has 1 saturated heterocycles. The Hall–Kier alpha value is -0.940. The Morgan fingerprint density at radius 2 is 2.10 bits per heavy atom. The van der Waals surface area contributed by atoms with E-state index in [9.17, 15) is 13.2 Å². The lowest BCUT2D eigenvalue weighted by Crippen LogP contribution is -2.48. The van der Waals surface area contributed by atoms with Crippen molar-refractivity contribution < 1.29 is 17.9 Å². The Kier molecular flexibility index (Phi) is 5.04. The van der Waals surface area contributed by atoms with Crippen LogP contribution in [-0.4, -0.2) is 25.3 Å². The molecule has 6 heteroatoms. The summed E-state index contributed by atoms with van der Waals surface area (Å²) in [5.41, 5.74) is 0.0458. The molecular weight excluding hydrogens is 303 g/mol. The summed E-state index contributed by atoms with van der Waals surface area (Å²) >= 11 is 5.62. The van der Waals surface area contributed by atoms with Gasteiger partial charge in [0.05, 0.1) is 24.3 Å². The van der Waals surface area contributed by atoms with Crippen LogP contribution < -0.4 is 4.90 Å². The van der Waals surface area contributed by atoms with Crippen LogP contribution in [0.15, 0.2) is 18.2 Å². The van der Waals surface area contributed by atoms with Crippen molar-refractivity contribution in [3.05, 3.63) is 29.3 Å². The first-order chi connectivity index (χ1) is 9.86. The van der Waals surface area contributed by atoms with Crippen LogP contribution in [0, 0.1) is 0 Å². The summed E-state index contributed by atoms with van der Waals surface area (Å²) in [6, 6.07) is 4.49. The molecule has 1 aromatic rings. The van der Waals surface area contributed by atoms with E-state index in [1.165, 1.54) is 12.1 Å². The molecule has 0 aliphatic carbocycles. The summed E-state index contributed by atoms with van der Waals surface area (Å²) < 4.78 is 45.0. The summed E-state index contributed by atoms with van der Waals surface area (Å²) in [7, 11) is 0. The molecule has 118 valence electrons. The van der Waals surface area contributed by atoms with Gasteiger partial charge >= 0.3 is 6.18 Å². The molecule has 1 heterocycles. The highest BCUT2D eigenvalue weighted by atomic mass is 35.5. The molecule has 0 radical (unpaired) electrons. The smallest absolute Gasteiger partial charge is 0.375 e. The lowest BCUT2D eigenvalue weighted by Gasteiger charge is -2.40. The zero-order valence-electron chi connectivity index (χ0n) is 12.1. The maximum atomic E-state index is 13.1. The maximum Gasteiger partial charge on any atom is 0.416 e. The molecule has 0 spiro atoms. The predicted molar refractivity (Wildman–Crippen MR) is 77.8 cm³/mol. The van der Waals surface area contributed by atoms with E-state index in [0.29, 0.717) is 18.8 Å². The monoisotopic (exact) mass is 321 g/mol. The maximum absolute atomic E-state index is 13.1. The Morgan fingerprint density at radius 3 is 2.67 bits per heavy atom. The lowest BCUT2D eigenvalue weighted by atomic mass is 10.0. The number of anilines is 1. The van der Waals surface area contributed by atoms with Crippen molar-refractivity contribution in [3.63, 3.8) is 0 Å². The molecule has 21 heavy (non-hydrogen) atoms. The number of alkyl halides is 4. The Labute approximate surface area is 127 Å². The number of halogens is 4. The van der Waals surface area contributed by atoms with Gasteiger partial charge in [0, 0.05) is 18.1 Å². The lowest BCUT2D eigenvalue weighted by molar-refractivity contribution is -0.138. The van der Waals surface area contributed by atoms with Gasteiger partial charge in [-0.2, -0.15) is 13.2 Å². The van der Waals surface area contributed by atoms with E-state index >= 15 is 0 Å². The van der Waals surface area contributed by atoms with Crippen molar-refractivity contribution in [1.29, 1.82) is 0 Å². The fraction of sp³-hybridized carbons (Fsp3) is 0.600. The van der Waals surface area contributed by atoms with Crippen LogP contribution >= 0.6 is 11.6 Å². The number of rotatable bonds is 3. The Balaban J connectivity index is 2.39. The van der Waals surface area contributed by atoms with Crippen LogP contribution in [0.3, 0.4) is 0 Å². The van der Waals surface area contributed by atoms with Crippen molar-refractivity contribution in [1.82, 2.24) is 0 Å². The summed E-state index contributed by atoms with van der Waals surface area (Å²) in [6.45, 7) is 5.07. The molecule has 2 nitrogen and oxygen atoms in total. The van der Waals surface area contributed by atoms with Crippen molar-refractivity contribution in [2.45, 2.75) is 44.5 Å². The van der Waals surface area contributed by atoms with E-state index in [4.69, 9.17) is 16.3 Å². The van der Waals surface area contributed by atoms with Crippen molar-refractivity contribution >= 4 is 17.3 Å². The second-order valence-corrected chi connectivity index (χ2v) is 5.60. The van der Waals surface area contributed by atoms with Crippen LogP contribution in [0.2, 0.25) is 0 Å². The average Bonchev–Trinajstić information content (AvgIpc) is 2.45. The Morgan fingerprint density at radius 1 is 1.38 bits per heavy atom. The molecule has 2 atom stereocenters. The fourth-order valence-corrected chi connectivity index (χ4v) is 2.86. The van der Waals surface area contributed by atoms with Crippen LogP contribution in [0.1, 0.15) is 31.4 Å². The number of hydrogen-bond acceptors (Lipinski definition) is 2. The summed E-state index contributed by atoms with van der Waals surface area (Å²) in [5, 5.41) is 0. The number of nitrogens with zero attached hydrogens (tertiary/aromatic N) is 1. The third-order valence-electron chi connectivity index (χ3n) is 3.81. The molecule has 2 unspecified atom stereocenters. The minimum Gasteiger partial charge on any atom is -0.375 e. The highest BCUT2D eigenvalue weighted by molar-refractivity contribution is 6.17. The topological polar surface area (TPSA) is 12.5 Å². The van der Waals surface area contributed by atoms with E-state index in [1.807, 2.05) is 18.7 Å². The third kappa shape index (κ3) is 3.64. The van der Waals surface area contributed by atoms with Crippen LogP contribution in [0.4, 0.5) is 18.9 Å². The van der Waals surface area contributed by atoms with Gasteiger partial charge in [0.1, 0.15) is 0 Å². The molecule has 1 aromatic carbocycles. The van der Waals surface area contributed by atoms with Gasteiger partial charge in [0.15, 0.2) is 0 Å². The van der Waals surface area contributed by atoms with Gasteiger partial charge in [0.2, 0.25) is 0 Å². The first kappa shape index (κ1) is 16.4. The van der Waals surface area contributed by atoms with Gasteiger partial charge in [-0.1, -0.05) is 13.0 Å². The number of morpholine rings is 1. The van der Waals surface area contributed by atoms with Gasteiger partial charge in [-0.15, -0.1) is 11.6 Å². The predicted octanol–water partition coefficient (Wildman–Crippen LogP) is 4.45. The normalized spacial score (nSPS) is 23.4. The van der Waals surface area contributed by atoms with Crippen molar-refractivity contribution in [3.8, 4) is 0 Å². The summed E-state index contributed by atoms with van der Waals surface area (Å²) in [4.78, 5) is 2.00. The van der Waals surface area contributed by atoms with Crippen LogP contribution in [-0.2, 0) is 16.8 Å². The van der Waals surface area contributed by atoms with Gasteiger partial charge in [-0.05, 0) is 31.0 Å². The van der Waals surface area contributed by atoms with E-state index in [0.717, 1.165) is 6.42 Å². The molecule has 1 aliphatic heterocycles. The van der Waals surface area contributed by atoms with Crippen molar-refractivity contribution in [2.24, 2.45) is 0 Å². The molecule has 0 aromatic heterocycles. The molecule has 1 aliphatic rings. The molecule has 0 N–H and O–H groups in total. The second kappa shape index (κ2) is 6.44. The molecule has 2 rings (SSSR count). The van der Waals surface area contributed by atoms with Gasteiger partial charge in [0.25, 0.3) is 0 Å². The van der Waals surface area contributed by atoms with E-state index in [1.54, 1.807) is 6.07 Å². The highest BCUT2D eigenvalue weighted by Gasteiger charge is 2.34. The number of ether oxygens (including phenoxy) is 1. The quantitative estimate of drug-likeness (QED) is 0.763. The number of hydrogen-bond donors (Lipinski definition) is 0. The Bertz CT molecular complexity index is 492. The molecule has 0 bridgehead atoms. The van der Waals surface area contributed by atoms with Crippen LogP contribution in [0.25, 0.3) is 0 Å². The second-order valence-electron chi connectivity index (χ2n) is 5.33. The summed E-state index contributed by atoms with van der Waals surface area (Å²) in [5.74, 6) is -0.147. The minimum absolute atomic E-state index is 0.00911. The first-order valence-electron chi connectivity index (χ1n) is 7.01. The zero-order chi connectivity index (χ0) is 15.6. The molecule has 0 amide bonds. The van der Waals surface area contributed by atoms with Gasteiger partial charge < -0.3 is 9.64 Å². The SMILES string of the molecule is CCC1COC(C)CN1c1ccc(CCl)c(C(F)(F)F)c1. The minimum atomic E-state index is -4.39. The van der Waals surface area contributed by atoms with Crippen molar-refractivity contribution in [2.75, 3.05) is 18.1 Å². The molecule has 0 saturated carbocycles. The van der Waals surface area contributed by atoms with Crippen LogP contribution in [0.5, 0.6) is 0 Å². The molecule has 1 fully saturated rings. The first-order valence-corrected chi connectivity index (χ1v) is 7.54. The zero-order valence-corrected chi connectivity index (χ0v) is 12.8. The third-order valence-corrected chi connectivity index (χ3v) is 4.10. The van der Waals surface area contributed by atoms with E-state index in [-0.39, 0.29) is 23.6 Å². The summed E-state index contributed by atoms with van der Waals surface area (Å²) in [6.07, 6.45) is -3.56. The van der Waals surface area contributed by atoms with Gasteiger partial charge in [-0.3, -0.25) is 0 Å². The average molecular weight is 322 g/mol. The van der Waals surface area contributed by atoms with E-state index in [2.05, 4.69) is 0 Å². The molecular formula is C15H19ClF3NO. The van der Waals surface area contributed by atoms with E-state index < -0.39 is 11.7 Å². The standard InChI is InChI=1S/C15H19ClF3NO/c1-3-12-9-21-10(2)8-20(12)13-5-4-11(7-16)14(6-13)15(17,18)19/h4-6,10,12H,3,7-9H2,1-2H3. The number of benzene rings is 1. The van der Waals surface area contributed by atoms with Gasteiger partial charge in [-0.25, -0.2) is 0 Å².